The maximum atomic E-state index is 12.5. The second-order valence-corrected chi connectivity index (χ2v) is 9.85. The number of hydrogen-bond donors (Lipinski definition) is 0. The van der Waals surface area contributed by atoms with Crippen LogP contribution in [-0.2, 0) is 27.7 Å². The Morgan fingerprint density at radius 2 is 2.08 bits per heavy atom. The number of amides is 1. The van der Waals surface area contributed by atoms with Crippen molar-refractivity contribution < 1.29 is 17.9 Å². The molecule has 0 bridgehead atoms. The van der Waals surface area contributed by atoms with E-state index in [0.717, 1.165) is 21.3 Å². The summed E-state index contributed by atoms with van der Waals surface area (Å²) in [6.07, 6.45) is 0.754. The molecule has 1 fully saturated rings. The number of para-hydroxylation sites is 1. The van der Waals surface area contributed by atoms with E-state index in [2.05, 4.69) is 4.98 Å². The van der Waals surface area contributed by atoms with Gasteiger partial charge in [-0.25, -0.2) is 13.4 Å². The van der Waals surface area contributed by atoms with Crippen molar-refractivity contribution in [2.24, 2.45) is 0 Å². The van der Waals surface area contributed by atoms with Gasteiger partial charge in [0, 0.05) is 18.0 Å². The highest BCUT2D eigenvalue weighted by molar-refractivity contribution is 7.91. The Hall–Kier alpha value is -1.93. The van der Waals surface area contributed by atoms with Crippen LogP contribution in [0.3, 0.4) is 0 Å². The predicted molar refractivity (Wildman–Crippen MR) is 101 cm³/mol. The average Bonchev–Trinajstić information content (AvgIpc) is 3.15. The monoisotopic (exact) mass is 394 g/mol. The molecular formula is C18H22N2O4S2. The van der Waals surface area contributed by atoms with E-state index >= 15 is 0 Å². The number of likely N-dealkylation sites (N-methyl/N-ethyl adjacent to an activating group) is 1. The SMILES string of the molecule is Cc1nc(COc2ccccc2)sc1CC(=O)N(C)C1CCS(=O)(=O)C1. The third-order valence-electron chi connectivity index (χ3n) is 4.50. The topological polar surface area (TPSA) is 76.6 Å². The van der Waals surface area contributed by atoms with E-state index < -0.39 is 9.84 Å². The molecule has 0 N–H and O–H groups in total. The van der Waals surface area contributed by atoms with E-state index in [9.17, 15) is 13.2 Å². The summed E-state index contributed by atoms with van der Waals surface area (Å²) in [5.41, 5.74) is 0.822. The fourth-order valence-corrected chi connectivity index (χ4v) is 5.67. The lowest BCUT2D eigenvalue weighted by molar-refractivity contribution is -0.130. The Morgan fingerprint density at radius 1 is 1.35 bits per heavy atom. The third kappa shape index (κ3) is 4.62. The van der Waals surface area contributed by atoms with E-state index in [1.165, 1.54) is 11.3 Å². The molecule has 1 aromatic heterocycles. The van der Waals surface area contributed by atoms with Crippen LogP contribution in [0.1, 0.15) is 22.0 Å². The van der Waals surface area contributed by atoms with Gasteiger partial charge in [0.25, 0.3) is 0 Å². The van der Waals surface area contributed by atoms with Crippen LogP contribution in [0.4, 0.5) is 0 Å². The first-order valence-electron chi connectivity index (χ1n) is 8.43. The van der Waals surface area contributed by atoms with Gasteiger partial charge in [-0.05, 0) is 25.5 Å². The van der Waals surface area contributed by atoms with E-state index in [4.69, 9.17) is 4.74 Å². The normalized spacial score (nSPS) is 18.6. The largest absolute Gasteiger partial charge is 0.486 e. The smallest absolute Gasteiger partial charge is 0.227 e. The van der Waals surface area contributed by atoms with Crippen molar-refractivity contribution in [3.63, 3.8) is 0 Å². The number of carbonyl (C=O) groups is 1. The zero-order chi connectivity index (χ0) is 18.7. The van der Waals surface area contributed by atoms with Crippen LogP contribution < -0.4 is 4.74 Å². The molecule has 140 valence electrons. The zero-order valence-corrected chi connectivity index (χ0v) is 16.5. The van der Waals surface area contributed by atoms with Crippen LogP contribution in [-0.4, -0.2) is 48.8 Å². The minimum Gasteiger partial charge on any atom is -0.486 e. The first-order chi connectivity index (χ1) is 12.3. The summed E-state index contributed by atoms with van der Waals surface area (Å²) in [6, 6.07) is 9.29. The van der Waals surface area contributed by atoms with Crippen molar-refractivity contribution in [2.75, 3.05) is 18.6 Å². The summed E-state index contributed by atoms with van der Waals surface area (Å²) >= 11 is 1.46. The number of carbonyl (C=O) groups excluding carboxylic acids is 1. The molecule has 26 heavy (non-hydrogen) atoms. The fraction of sp³-hybridized carbons (Fsp3) is 0.444. The second-order valence-electron chi connectivity index (χ2n) is 6.46. The van der Waals surface area contributed by atoms with Crippen LogP contribution in [0.25, 0.3) is 0 Å². The molecule has 1 aromatic carbocycles. The summed E-state index contributed by atoms with van der Waals surface area (Å²) in [5.74, 6) is 0.928. The number of rotatable bonds is 6. The summed E-state index contributed by atoms with van der Waals surface area (Å²) in [4.78, 5) is 19.5. The number of benzene rings is 1. The van der Waals surface area contributed by atoms with Crippen molar-refractivity contribution in [3.05, 3.63) is 45.9 Å². The third-order valence-corrected chi connectivity index (χ3v) is 7.39. The lowest BCUT2D eigenvalue weighted by Crippen LogP contribution is -2.38. The molecular weight excluding hydrogens is 372 g/mol. The Morgan fingerprint density at radius 3 is 2.73 bits per heavy atom. The Balaban J connectivity index is 1.59. The molecule has 1 unspecified atom stereocenters. The van der Waals surface area contributed by atoms with Gasteiger partial charge in [-0.3, -0.25) is 4.79 Å². The molecule has 1 aliphatic rings. The molecule has 2 heterocycles. The average molecular weight is 395 g/mol. The van der Waals surface area contributed by atoms with Crippen LogP contribution in [0, 0.1) is 6.92 Å². The fourth-order valence-electron chi connectivity index (χ4n) is 2.92. The molecule has 1 amide bonds. The molecule has 6 nitrogen and oxygen atoms in total. The summed E-state index contributed by atoms with van der Waals surface area (Å²) in [5, 5.41) is 0.820. The zero-order valence-electron chi connectivity index (χ0n) is 14.8. The molecule has 1 aliphatic heterocycles. The summed E-state index contributed by atoms with van der Waals surface area (Å²) in [7, 11) is -1.32. The van der Waals surface area contributed by atoms with Gasteiger partial charge in [0.05, 0.1) is 23.6 Å². The number of nitrogens with zero attached hydrogens (tertiary/aromatic N) is 2. The molecule has 2 aromatic rings. The van der Waals surface area contributed by atoms with Gasteiger partial charge in [0.1, 0.15) is 17.4 Å². The molecule has 0 saturated carbocycles. The van der Waals surface area contributed by atoms with Crippen molar-refractivity contribution in [1.82, 2.24) is 9.88 Å². The number of aromatic nitrogens is 1. The molecule has 3 rings (SSSR count). The Kier molecular flexibility index (Phi) is 5.62. The first kappa shape index (κ1) is 18.8. The van der Waals surface area contributed by atoms with E-state index in [1.807, 2.05) is 37.3 Å². The minimum absolute atomic E-state index is 0.0626. The highest BCUT2D eigenvalue weighted by Crippen LogP contribution is 2.23. The van der Waals surface area contributed by atoms with Gasteiger partial charge in [0.15, 0.2) is 9.84 Å². The van der Waals surface area contributed by atoms with Gasteiger partial charge in [-0.15, -0.1) is 11.3 Å². The van der Waals surface area contributed by atoms with E-state index in [0.29, 0.717) is 13.0 Å². The first-order valence-corrected chi connectivity index (χ1v) is 11.1. The number of ether oxygens (including phenoxy) is 1. The van der Waals surface area contributed by atoms with Crippen molar-refractivity contribution in [1.29, 1.82) is 0 Å². The minimum atomic E-state index is -3.00. The molecule has 0 spiro atoms. The van der Waals surface area contributed by atoms with Crippen molar-refractivity contribution in [2.45, 2.75) is 32.4 Å². The standard InChI is InChI=1S/C18H22N2O4S2/c1-13-16(10-18(21)20(2)14-8-9-26(22,23)12-14)25-17(19-13)11-24-15-6-4-3-5-7-15/h3-7,14H,8-12H2,1-2H3. The van der Waals surface area contributed by atoms with Crippen LogP contribution >= 0.6 is 11.3 Å². The second kappa shape index (κ2) is 7.75. The Labute approximate surface area is 157 Å². The molecule has 0 aliphatic carbocycles. The van der Waals surface area contributed by atoms with Gasteiger partial charge in [-0.1, -0.05) is 18.2 Å². The maximum Gasteiger partial charge on any atom is 0.227 e. The Bertz CT molecular complexity index is 878. The molecule has 8 heteroatoms. The lowest BCUT2D eigenvalue weighted by atomic mass is 10.2. The van der Waals surface area contributed by atoms with Crippen molar-refractivity contribution >= 4 is 27.1 Å². The highest BCUT2D eigenvalue weighted by atomic mass is 32.2. The van der Waals surface area contributed by atoms with Crippen LogP contribution in [0.15, 0.2) is 30.3 Å². The van der Waals surface area contributed by atoms with E-state index in [1.54, 1.807) is 11.9 Å². The van der Waals surface area contributed by atoms with Gasteiger partial charge >= 0.3 is 0 Å². The summed E-state index contributed by atoms with van der Waals surface area (Å²) in [6.45, 7) is 2.24. The lowest BCUT2D eigenvalue weighted by Gasteiger charge is -2.23. The van der Waals surface area contributed by atoms with Gasteiger partial charge in [-0.2, -0.15) is 0 Å². The summed E-state index contributed by atoms with van der Waals surface area (Å²) < 4.78 is 28.9. The van der Waals surface area contributed by atoms with Crippen LogP contribution in [0.2, 0.25) is 0 Å². The van der Waals surface area contributed by atoms with Crippen LogP contribution in [0.5, 0.6) is 5.75 Å². The quantitative estimate of drug-likeness (QED) is 0.751. The van der Waals surface area contributed by atoms with E-state index in [-0.39, 0.29) is 29.9 Å². The predicted octanol–water partition coefficient (Wildman–Crippen LogP) is 2.22. The number of aryl methyl sites for hydroxylation is 1. The molecule has 1 atom stereocenters. The maximum absolute atomic E-state index is 12.5. The highest BCUT2D eigenvalue weighted by Gasteiger charge is 2.32. The number of sulfone groups is 1. The van der Waals surface area contributed by atoms with Crippen molar-refractivity contribution in [3.8, 4) is 5.75 Å². The molecule has 1 saturated heterocycles. The molecule has 0 radical (unpaired) electrons. The van der Waals surface area contributed by atoms with Gasteiger partial charge < -0.3 is 9.64 Å². The number of thiazole rings is 1. The van der Waals surface area contributed by atoms with Gasteiger partial charge in [0.2, 0.25) is 5.91 Å². The number of hydrogen-bond acceptors (Lipinski definition) is 6.